The number of guanidine groups is 1. The second kappa shape index (κ2) is 12.6. The van der Waals surface area contributed by atoms with Gasteiger partial charge in [0.05, 0.1) is 19.7 Å². The van der Waals surface area contributed by atoms with Crippen molar-refractivity contribution < 1.29 is 13.7 Å². The lowest BCUT2D eigenvalue weighted by Crippen LogP contribution is -2.38. The van der Waals surface area contributed by atoms with Gasteiger partial charge < -0.3 is 19.9 Å². The highest BCUT2D eigenvalue weighted by atomic mass is 127. The highest BCUT2D eigenvalue weighted by Gasteiger charge is 2.12. The number of nitrogens with one attached hydrogen (secondary N) is 2. The first-order valence-corrected chi connectivity index (χ1v) is 10.3. The molecular weight excluding hydrogens is 548 g/mol. The lowest BCUT2D eigenvalue weighted by Gasteiger charge is -2.18. The summed E-state index contributed by atoms with van der Waals surface area (Å²) in [5.41, 5.74) is 1.62. The van der Waals surface area contributed by atoms with Gasteiger partial charge in [0.15, 0.2) is 17.5 Å². The monoisotopic (exact) mass is 573 g/mol. The summed E-state index contributed by atoms with van der Waals surface area (Å²) in [5, 5.41) is 11.1. The second-order valence-electron chi connectivity index (χ2n) is 6.79. The molecular formula is C22H26ClFIN5O2. The van der Waals surface area contributed by atoms with Crippen LogP contribution in [0.3, 0.4) is 0 Å². The van der Waals surface area contributed by atoms with Crippen molar-refractivity contribution >= 4 is 41.5 Å². The minimum Gasteiger partial charge on any atom is -0.494 e. The molecule has 0 amide bonds. The Bertz CT molecular complexity index is 1030. The number of nitrogens with zero attached hydrogens (tertiary/aromatic N) is 3. The molecule has 0 aliphatic rings. The van der Waals surface area contributed by atoms with Gasteiger partial charge in [-0.25, -0.2) is 4.39 Å². The van der Waals surface area contributed by atoms with E-state index in [2.05, 4.69) is 25.8 Å². The molecule has 0 fully saturated rings. The molecule has 1 unspecified atom stereocenters. The number of hydrogen-bond donors (Lipinski definition) is 2. The summed E-state index contributed by atoms with van der Waals surface area (Å²) in [7, 11) is 1.44. The van der Waals surface area contributed by atoms with Crippen molar-refractivity contribution in [2.75, 3.05) is 20.2 Å². The number of rotatable bonds is 8. The predicted octanol–water partition coefficient (Wildman–Crippen LogP) is 5.01. The molecule has 172 valence electrons. The summed E-state index contributed by atoms with van der Waals surface area (Å²) in [6, 6.07) is 12.0. The minimum absolute atomic E-state index is 0. The van der Waals surface area contributed by atoms with Crippen LogP contribution in [0.15, 0.2) is 52.0 Å². The van der Waals surface area contributed by atoms with Gasteiger partial charge in [0.2, 0.25) is 11.7 Å². The Morgan fingerprint density at radius 3 is 2.66 bits per heavy atom. The third-order valence-corrected chi connectivity index (χ3v) is 4.79. The van der Waals surface area contributed by atoms with E-state index in [1.165, 1.54) is 13.2 Å². The van der Waals surface area contributed by atoms with Crippen LogP contribution in [0, 0.1) is 5.82 Å². The van der Waals surface area contributed by atoms with Gasteiger partial charge in [-0.1, -0.05) is 22.8 Å². The van der Waals surface area contributed by atoms with Gasteiger partial charge in [0.1, 0.15) is 0 Å². The zero-order valence-electron chi connectivity index (χ0n) is 18.1. The Labute approximate surface area is 208 Å². The number of methoxy groups -OCH3 is 1. The molecule has 1 aromatic heterocycles. The third-order valence-electron chi connectivity index (χ3n) is 4.54. The zero-order chi connectivity index (χ0) is 22.2. The number of aliphatic imine (C=N–C) groups is 1. The van der Waals surface area contributed by atoms with Gasteiger partial charge in [0, 0.05) is 23.6 Å². The minimum atomic E-state index is -0.400. The van der Waals surface area contributed by atoms with Crippen LogP contribution in [0.2, 0.25) is 5.02 Å². The maximum Gasteiger partial charge on any atom is 0.228 e. The summed E-state index contributed by atoms with van der Waals surface area (Å²) in [4.78, 5) is 8.96. The van der Waals surface area contributed by atoms with Crippen molar-refractivity contribution in [3.63, 3.8) is 0 Å². The number of halogens is 3. The molecule has 0 saturated heterocycles. The first kappa shape index (κ1) is 25.9. The molecule has 2 N–H and O–H groups in total. The Morgan fingerprint density at radius 1 is 1.25 bits per heavy atom. The summed E-state index contributed by atoms with van der Waals surface area (Å²) >= 11 is 5.91. The van der Waals surface area contributed by atoms with Gasteiger partial charge in [-0.2, -0.15) is 4.98 Å². The molecule has 1 heterocycles. The van der Waals surface area contributed by atoms with Crippen LogP contribution < -0.4 is 15.4 Å². The topological polar surface area (TPSA) is 84.6 Å². The molecule has 32 heavy (non-hydrogen) atoms. The van der Waals surface area contributed by atoms with Crippen molar-refractivity contribution in [1.29, 1.82) is 0 Å². The van der Waals surface area contributed by atoms with Crippen molar-refractivity contribution in [2.45, 2.75) is 26.3 Å². The van der Waals surface area contributed by atoms with Crippen molar-refractivity contribution in [1.82, 2.24) is 20.8 Å². The first-order valence-electron chi connectivity index (χ1n) is 9.97. The summed E-state index contributed by atoms with van der Waals surface area (Å²) in [6.07, 6.45) is 0.489. The number of benzene rings is 2. The molecule has 10 heteroatoms. The van der Waals surface area contributed by atoms with E-state index >= 15 is 0 Å². The summed E-state index contributed by atoms with van der Waals surface area (Å²) in [5.74, 6) is 1.44. The number of hydrogen-bond acceptors (Lipinski definition) is 5. The van der Waals surface area contributed by atoms with Crippen LogP contribution in [0.1, 0.15) is 31.3 Å². The summed E-state index contributed by atoms with van der Waals surface area (Å²) in [6.45, 7) is 5.05. The smallest absolute Gasteiger partial charge is 0.228 e. The van der Waals surface area contributed by atoms with E-state index in [4.69, 9.17) is 20.9 Å². The third kappa shape index (κ3) is 7.06. The highest BCUT2D eigenvalue weighted by molar-refractivity contribution is 14.0. The molecule has 1 atom stereocenters. The van der Waals surface area contributed by atoms with Crippen LogP contribution in [-0.2, 0) is 6.42 Å². The number of ether oxygens (including phenoxy) is 1. The molecule has 3 aromatic rings. The van der Waals surface area contributed by atoms with E-state index < -0.39 is 5.82 Å². The summed E-state index contributed by atoms with van der Waals surface area (Å²) < 4.78 is 24.3. The predicted molar refractivity (Wildman–Crippen MR) is 134 cm³/mol. The van der Waals surface area contributed by atoms with E-state index in [9.17, 15) is 4.39 Å². The first-order chi connectivity index (χ1) is 15.0. The average Bonchev–Trinajstić information content (AvgIpc) is 3.23. The maximum absolute atomic E-state index is 14.0. The lowest BCUT2D eigenvalue weighted by atomic mass is 10.1. The molecule has 0 saturated carbocycles. The molecule has 2 aromatic carbocycles. The Morgan fingerprint density at radius 2 is 2.00 bits per heavy atom. The van der Waals surface area contributed by atoms with Gasteiger partial charge in [-0.3, -0.25) is 4.99 Å². The molecule has 0 spiro atoms. The molecule has 0 aliphatic heterocycles. The molecule has 0 aliphatic carbocycles. The van der Waals surface area contributed by atoms with Crippen LogP contribution in [0.25, 0.3) is 11.4 Å². The Balaban J connectivity index is 0.00000363. The molecule has 0 bridgehead atoms. The molecule has 3 rings (SSSR count). The van der Waals surface area contributed by atoms with Gasteiger partial charge in [0.25, 0.3) is 0 Å². The molecule has 7 nitrogen and oxygen atoms in total. The van der Waals surface area contributed by atoms with Gasteiger partial charge in [-0.05, 0) is 55.8 Å². The average molecular weight is 574 g/mol. The lowest BCUT2D eigenvalue weighted by molar-refractivity contribution is 0.380. The quantitative estimate of drug-likeness (QED) is 0.224. The standard InChI is InChI=1S/C22H25ClFN5O2.HI/c1-4-25-22(27-14(2)16-7-10-19(30-3)18(24)13-16)26-12-11-20-28-21(29-31-20)15-5-8-17(23)9-6-15;/h5-10,13-14H,4,11-12H2,1-3H3,(H2,25,26,27);1H. The Kier molecular flexibility index (Phi) is 10.2. The van der Waals surface area contributed by atoms with Gasteiger partial charge in [-0.15, -0.1) is 24.0 Å². The fraction of sp³-hybridized carbons (Fsp3) is 0.318. The van der Waals surface area contributed by atoms with Crippen molar-refractivity contribution in [2.24, 2.45) is 4.99 Å². The second-order valence-corrected chi connectivity index (χ2v) is 7.23. The van der Waals surface area contributed by atoms with Gasteiger partial charge >= 0.3 is 0 Å². The largest absolute Gasteiger partial charge is 0.494 e. The number of aromatic nitrogens is 2. The highest BCUT2D eigenvalue weighted by Crippen LogP contribution is 2.22. The van der Waals surface area contributed by atoms with E-state index in [1.807, 2.05) is 32.0 Å². The van der Waals surface area contributed by atoms with Crippen molar-refractivity contribution in [3.8, 4) is 17.1 Å². The van der Waals surface area contributed by atoms with Crippen molar-refractivity contribution in [3.05, 3.63) is 64.8 Å². The Hall–Kier alpha value is -2.40. The van der Waals surface area contributed by atoms with E-state index in [0.29, 0.717) is 42.2 Å². The maximum atomic E-state index is 14.0. The SMILES string of the molecule is CCNC(=NCCc1nc(-c2ccc(Cl)cc2)no1)NC(C)c1ccc(OC)c(F)c1.I. The van der Waals surface area contributed by atoms with E-state index in [-0.39, 0.29) is 35.8 Å². The van der Waals surface area contributed by atoms with Crippen LogP contribution in [0.4, 0.5) is 4.39 Å². The zero-order valence-corrected chi connectivity index (χ0v) is 21.1. The normalized spacial score (nSPS) is 12.1. The van der Waals surface area contributed by atoms with Crippen LogP contribution in [0.5, 0.6) is 5.75 Å². The molecule has 0 radical (unpaired) electrons. The van der Waals surface area contributed by atoms with E-state index in [0.717, 1.165) is 11.1 Å². The van der Waals surface area contributed by atoms with Crippen LogP contribution >= 0.6 is 35.6 Å². The fourth-order valence-electron chi connectivity index (χ4n) is 2.90. The van der Waals surface area contributed by atoms with E-state index in [1.54, 1.807) is 18.2 Å². The fourth-order valence-corrected chi connectivity index (χ4v) is 3.02. The van der Waals surface area contributed by atoms with Crippen LogP contribution in [-0.4, -0.2) is 36.3 Å².